The SMILES string of the molecule is C=CC(=O)Nc1cccc(/N=N\S(=O)(=O)O)c1. The van der Waals surface area contributed by atoms with Crippen LogP contribution in [0.4, 0.5) is 11.4 Å². The van der Waals surface area contributed by atoms with Gasteiger partial charge >= 0.3 is 10.3 Å². The van der Waals surface area contributed by atoms with Gasteiger partial charge in [-0.3, -0.25) is 9.35 Å². The summed E-state index contributed by atoms with van der Waals surface area (Å²) >= 11 is 0. The molecule has 0 unspecified atom stereocenters. The molecule has 17 heavy (non-hydrogen) atoms. The minimum absolute atomic E-state index is 0.171. The van der Waals surface area contributed by atoms with Crippen LogP contribution in [-0.2, 0) is 15.1 Å². The Morgan fingerprint density at radius 2 is 2.18 bits per heavy atom. The standard InChI is InChI=1S/C9H9N3O4S/c1-2-9(13)10-7-4-3-5-8(6-7)11-12-17(14,15)16/h2-6H,1H2,(H,10,13)(H,14,15,16)/b12-11-. The van der Waals surface area contributed by atoms with Gasteiger partial charge in [0, 0.05) is 5.69 Å². The zero-order valence-electron chi connectivity index (χ0n) is 8.57. The maximum atomic E-state index is 11.0. The van der Waals surface area contributed by atoms with Crippen molar-refractivity contribution in [3.8, 4) is 0 Å². The van der Waals surface area contributed by atoms with Gasteiger partial charge in [0.15, 0.2) is 0 Å². The molecule has 0 saturated carbocycles. The smallest absolute Gasteiger partial charge is 0.322 e. The van der Waals surface area contributed by atoms with Crippen molar-refractivity contribution in [1.29, 1.82) is 0 Å². The fourth-order valence-electron chi connectivity index (χ4n) is 0.938. The topological polar surface area (TPSA) is 108 Å². The van der Waals surface area contributed by atoms with E-state index < -0.39 is 16.2 Å². The van der Waals surface area contributed by atoms with Crippen molar-refractivity contribution in [2.45, 2.75) is 0 Å². The van der Waals surface area contributed by atoms with Crippen LogP contribution < -0.4 is 5.32 Å². The fraction of sp³-hybridized carbons (Fsp3) is 0. The van der Waals surface area contributed by atoms with Gasteiger partial charge < -0.3 is 5.32 Å². The van der Waals surface area contributed by atoms with Gasteiger partial charge in [-0.25, -0.2) is 0 Å². The van der Waals surface area contributed by atoms with Crippen molar-refractivity contribution in [1.82, 2.24) is 0 Å². The Kier molecular flexibility index (Phi) is 4.07. The Labute approximate surface area is 97.8 Å². The van der Waals surface area contributed by atoms with Gasteiger partial charge in [-0.1, -0.05) is 12.6 Å². The molecule has 0 radical (unpaired) electrons. The van der Waals surface area contributed by atoms with E-state index in [1.54, 1.807) is 6.07 Å². The molecule has 0 spiro atoms. The molecule has 0 aliphatic heterocycles. The van der Waals surface area contributed by atoms with Crippen LogP contribution in [0, 0.1) is 0 Å². The quantitative estimate of drug-likeness (QED) is 0.484. The van der Waals surface area contributed by atoms with Crippen LogP contribution in [0.25, 0.3) is 0 Å². The van der Waals surface area contributed by atoms with Gasteiger partial charge in [0.1, 0.15) is 0 Å². The average Bonchev–Trinajstić information content (AvgIpc) is 2.26. The molecule has 2 N–H and O–H groups in total. The third kappa shape index (κ3) is 5.00. The first-order valence-electron chi connectivity index (χ1n) is 4.34. The van der Waals surface area contributed by atoms with E-state index in [1.807, 2.05) is 0 Å². The lowest BCUT2D eigenvalue weighted by Crippen LogP contribution is -2.06. The number of anilines is 1. The number of amides is 1. The number of nitrogens with zero attached hydrogens (tertiary/aromatic N) is 2. The average molecular weight is 255 g/mol. The molecular formula is C9H9N3O4S. The van der Waals surface area contributed by atoms with Gasteiger partial charge in [0.2, 0.25) is 5.91 Å². The summed E-state index contributed by atoms with van der Waals surface area (Å²) in [5, 5.41) is 5.74. The van der Waals surface area contributed by atoms with Gasteiger partial charge in [-0.05, 0) is 28.8 Å². The highest BCUT2D eigenvalue weighted by atomic mass is 32.2. The van der Waals surface area contributed by atoms with E-state index in [9.17, 15) is 13.2 Å². The first-order chi connectivity index (χ1) is 7.90. The number of carbonyl (C=O) groups is 1. The lowest BCUT2D eigenvalue weighted by atomic mass is 10.3. The molecule has 1 amide bonds. The summed E-state index contributed by atoms with van der Waals surface area (Å²) < 4.78 is 31.7. The summed E-state index contributed by atoms with van der Waals surface area (Å²) in [7, 11) is -4.51. The second-order valence-corrected chi connectivity index (χ2v) is 3.93. The van der Waals surface area contributed by atoms with E-state index in [0.717, 1.165) is 6.08 Å². The van der Waals surface area contributed by atoms with Crippen LogP contribution in [0.3, 0.4) is 0 Å². The Bertz CT molecular complexity index is 565. The van der Waals surface area contributed by atoms with Crippen molar-refractivity contribution in [2.24, 2.45) is 9.63 Å². The number of rotatable bonds is 4. The van der Waals surface area contributed by atoms with Gasteiger partial charge in [-0.2, -0.15) is 8.42 Å². The minimum Gasteiger partial charge on any atom is -0.322 e. The zero-order valence-corrected chi connectivity index (χ0v) is 9.38. The summed E-state index contributed by atoms with van der Waals surface area (Å²) in [6.45, 7) is 3.28. The number of hydrogen-bond acceptors (Lipinski definition) is 4. The first kappa shape index (κ1) is 13.0. The lowest BCUT2D eigenvalue weighted by Gasteiger charge is -2.01. The molecule has 0 saturated heterocycles. The van der Waals surface area contributed by atoms with Crippen molar-refractivity contribution < 1.29 is 17.8 Å². The lowest BCUT2D eigenvalue weighted by molar-refractivity contribution is -0.111. The number of carbonyl (C=O) groups excluding carboxylic acids is 1. The monoisotopic (exact) mass is 255 g/mol. The largest absolute Gasteiger partial charge is 0.396 e. The maximum Gasteiger partial charge on any atom is 0.396 e. The fourth-order valence-corrected chi connectivity index (χ4v) is 1.14. The number of benzene rings is 1. The predicted octanol–water partition coefficient (Wildman–Crippen LogP) is 1.70. The summed E-state index contributed by atoms with van der Waals surface area (Å²) in [5.41, 5.74) is 0.575. The summed E-state index contributed by atoms with van der Waals surface area (Å²) in [6, 6.07) is 5.96. The Morgan fingerprint density at radius 3 is 2.76 bits per heavy atom. The zero-order chi connectivity index (χ0) is 12.9. The van der Waals surface area contributed by atoms with Crippen LogP contribution in [0.15, 0.2) is 46.6 Å². The third-order valence-electron chi connectivity index (χ3n) is 1.56. The molecule has 1 aromatic rings. The molecule has 0 aromatic heterocycles. The van der Waals surface area contributed by atoms with Crippen molar-refractivity contribution >= 4 is 27.6 Å². The van der Waals surface area contributed by atoms with Crippen LogP contribution in [0.2, 0.25) is 0 Å². The number of nitrogens with one attached hydrogen (secondary N) is 1. The van der Waals surface area contributed by atoms with E-state index in [2.05, 4.69) is 21.5 Å². The third-order valence-corrected chi connectivity index (χ3v) is 1.85. The van der Waals surface area contributed by atoms with Crippen molar-refractivity contribution in [3.05, 3.63) is 36.9 Å². The van der Waals surface area contributed by atoms with Crippen LogP contribution in [0.5, 0.6) is 0 Å². The summed E-state index contributed by atoms with van der Waals surface area (Å²) in [6.07, 6.45) is 1.09. The molecule has 0 fully saturated rings. The molecule has 0 bridgehead atoms. The highest BCUT2D eigenvalue weighted by Crippen LogP contribution is 2.18. The van der Waals surface area contributed by atoms with Crippen LogP contribution in [0.1, 0.15) is 0 Å². The normalized spacial score (nSPS) is 11.4. The molecule has 0 aliphatic rings. The minimum atomic E-state index is -4.51. The van der Waals surface area contributed by atoms with Gasteiger partial charge in [0.25, 0.3) is 0 Å². The highest BCUT2D eigenvalue weighted by molar-refractivity contribution is 7.84. The van der Waals surface area contributed by atoms with E-state index >= 15 is 0 Å². The molecule has 0 atom stereocenters. The van der Waals surface area contributed by atoms with Crippen molar-refractivity contribution in [2.75, 3.05) is 5.32 Å². The summed E-state index contributed by atoms with van der Waals surface area (Å²) in [4.78, 5) is 11.0. The van der Waals surface area contributed by atoms with Gasteiger partial charge in [0.05, 0.1) is 5.69 Å². The van der Waals surface area contributed by atoms with Crippen LogP contribution in [-0.4, -0.2) is 18.9 Å². The molecule has 90 valence electrons. The maximum absolute atomic E-state index is 11.0. The van der Waals surface area contributed by atoms with E-state index in [-0.39, 0.29) is 5.69 Å². The second kappa shape index (κ2) is 5.32. The molecule has 1 rings (SSSR count). The number of hydrogen-bond donors (Lipinski definition) is 2. The Morgan fingerprint density at radius 1 is 1.47 bits per heavy atom. The molecule has 8 heteroatoms. The molecule has 7 nitrogen and oxygen atoms in total. The first-order valence-corrected chi connectivity index (χ1v) is 5.74. The Hall–Kier alpha value is -2.06. The van der Waals surface area contributed by atoms with Crippen LogP contribution >= 0.6 is 0 Å². The molecule has 0 heterocycles. The molecule has 1 aromatic carbocycles. The highest BCUT2D eigenvalue weighted by Gasteiger charge is 2.01. The second-order valence-electron chi connectivity index (χ2n) is 2.87. The van der Waals surface area contributed by atoms with Crippen molar-refractivity contribution in [3.63, 3.8) is 0 Å². The Balaban J connectivity index is 2.90. The van der Waals surface area contributed by atoms with Gasteiger partial charge in [-0.15, -0.1) is 5.11 Å². The predicted molar refractivity (Wildman–Crippen MR) is 61.3 cm³/mol. The van der Waals surface area contributed by atoms with E-state index in [1.165, 1.54) is 18.2 Å². The summed E-state index contributed by atoms with van der Waals surface area (Å²) in [5.74, 6) is -0.408. The molecule has 0 aliphatic carbocycles. The van der Waals surface area contributed by atoms with E-state index in [4.69, 9.17) is 4.55 Å². The van der Waals surface area contributed by atoms with E-state index in [0.29, 0.717) is 5.69 Å². The molecular weight excluding hydrogens is 246 g/mol.